The van der Waals surface area contributed by atoms with Crippen molar-refractivity contribution in [3.63, 3.8) is 0 Å². The van der Waals surface area contributed by atoms with Crippen LogP contribution in [0.1, 0.15) is 0 Å². The first-order chi connectivity index (χ1) is 16.5. The second-order valence-electron chi connectivity index (χ2n) is 7.60. The second kappa shape index (κ2) is 11.3. The molecule has 0 spiro atoms. The van der Waals surface area contributed by atoms with Gasteiger partial charge in [-0.1, -0.05) is 28.1 Å². The maximum Gasteiger partial charge on any atom is 0.246 e. The van der Waals surface area contributed by atoms with E-state index in [1.807, 2.05) is 36.4 Å². The van der Waals surface area contributed by atoms with Gasteiger partial charge >= 0.3 is 0 Å². The number of aromatic nitrogens is 2. The molecule has 10 heteroatoms. The molecule has 3 aromatic rings. The van der Waals surface area contributed by atoms with Crippen LogP contribution in [-0.4, -0.2) is 67.5 Å². The summed E-state index contributed by atoms with van der Waals surface area (Å²) in [5, 5.41) is 7.48. The van der Waals surface area contributed by atoms with Gasteiger partial charge in [0.25, 0.3) is 0 Å². The number of benzene rings is 2. The van der Waals surface area contributed by atoms with E-state index in [-0.39, 0.29) is 12.2 Å². The smallest absolute Gasteiger partial charge is 0.246 e. The van der Waals surface area contributed by atoms with Gasteiger partial charge in [-0.15, -0.1) is 0 Å². The molecule has 1 saturated heterocycles. The summed E-state index contributed by atoms with van der Waals surface area (Å²) in [4.78, 5) is 22.7. The Morgan fingerprint density at radius 1 is 1.26 bits per heavy atom. The van der Waals surface area contributed by atoms with Gasteiger partial charge in [0, 0.05) is 41.3 Å². The van der Waals surface area contributed by atoms with Gasteiger partial charge in [0.15, 0.2) is 6.29 Å². The Morgan fingerprint density at radius 2 is 2.09 bits per heavy atom. The molecule has 9 nitrogen and oxygen atoms in total. The van der Waals surface area contributed by atoms with E-state index in [2.05, 4.69) is 36.5 Å². The van der Waals surface area contributed by atoms with Crippen LogP contribution in [0.3, 0.4) is 0 Å². The largest absolute Gasteiger partial charge is 0.495 e. The van der Waals surface area contributed by atoms with E-state index in [4.69, 9.17) is 14.2 Å². The first-order valence-electron chi connectivity index (χ1n) is 10.8. The number of nitrogens with one attached hydrogen (secondary N) is 2. The Kier molecular flexibility index (Phi) is 7.94. The first kappa shape index (κ1) is 23.9. The van der Waals surface area contributed by atoms with Gasteiger partial charge in [-0.3, -0.25) is 4.79 Å². The highest BCUT2D eigenvalue weighted by molar-refractivity contribution is 9.10. The van der Waals surface area contributed by atoms with Crippen molar-refractivity contribution in [3.05, 3.63) is 59.4 Å². The number of carbonyl (C=O) groups excluding carboxylic acids is 1. The third-order valence-corrected chi connectivity index (χ3v) is 5.70. The molecule has 1 fully saturated rings. The van der Waals surface area contributed by atoms with Crippen molar-refractivity contribution in [3.8, 4) is 5.75 Å². The van der Waals surface area contributed by atoms with E-state index >= 15 is 0 Å². The van der Waals surface area contributed by atoms with Crippen LogP contribution in [0.25, 0.3) is 10.9 Å². The molecule has 0 saturated carbocycles. The summed E-state index contributed by atoms with van der Waals surface area (Å²) < 4.78 is 17.3. The number of anilines is 3. The Hall–Kier alpha value is -3.21. The molecule has 178 valence electrons. The average Bonchev–Trinajstić information content (AvgIpc) is 3.34. The molecule has 2 aromatic carbocycles. The number of amides is 1. The molecular weight excluding hydrogens is 502 g/mol. The lowest BCUT2D eigenvalue weighted by Crippen LogP contribution is -2.33. The number of ether oxygens (including phenoxy) is 3. The molecule has 2 N–H and O–H groups in total. The number of rotatable bonds is 9. The Bertz CT molecular complexity index is 1180. The zero-order chi connectivity index (χ0) is 23.9. The number of halogens is 1. The zero-order valence-corrected chi connectivity index (χ0v) is 20.5. The van der Waals surface area contributed by atoms with Crippen LogP contribution in [-0.2, 0) is 14.3 Å². The van der Waals surface area contributed by atoms with Crippen molar-refractivity contribution >= 4 is 49.9 Å². The van der Waals surface area contributed by atoms with Crippen LogP contribution in [0.2, 0.25) is 0 Å². The van der Waals surface area contributed by atoms with Gasteiger partial charge in [-0.05, 0) is 24.3 Å². The third kappa shape index (κ3) is 6.02. The summed E-state index contributed by atoms with van der Waals surface area (Å²) in [5.74, 6) is 1.20. The normalized spacial score (nSPS) is 14.0. The topological polar surface area (TPSA) is 97.8 Å². The van der Waals surface area contributed by atoms with Crippen LogP contribution in [0.15, 0.2) is 59.4 Å². The minimum atomic E-state index is -0.357. The lowest BCUT2D eigenvalue weighted by Gasteiger charge is -2.18. The average molecular weight is 528 g/mol. The van der Waals surface area contributed by atoms with Crippen molar-refractivity contribution in [2.75, 3.05) is 51.1 Å². The molecule has 0 radical (unpaired) electrons. The predicted octanol–water partition coefficient (Wildman–Crippen LogP) is 3.94. The molecular formula is C24H26BrN5O4. The molecule has 1 aliphatic heterocycles. The number of hydrogen-bond donors (Lipinski definition) is 2. The fourth-order valence-corrected chi connectivity index (χ4v) is 3.87. The second-order valence-corrected chi connectivity index (χ2v) is 8.52. The fourth-order valence-electron chi connectivity index (χ4n) is 3.48. The summed E-state index contributed by atoms with van der Waals surface area (Å²) in [7, 11) is 3.33. The zero-order valence-electron chi connectivity index (χ0n) is 19.0. The van der Waals surface area contributed by atoms with Crippen LogP contribution >= 0.6 is 15.9 Å². The molecule has 0 unspecified atom stereocenters. The fraction of sp³-hybridized carbons (Fsp3) is 0.292. The monoisotopic (exact) mass is 527 g/mol. The number of likely N-dealkylation sites (N-methyl/N-ethyl adjacent to an activating group) is 1. The van der Waals surface area contributed by atoms with Crippen molar-refractivity contribution in [1.29, 1.82) is 0 Å². The first-order valence-corrected chi connectivity index (χ1v) is 11.6. The van der Waals surface area contributed by atoms with Gasteiger partial charge in [-0.25, -0.2) is 9.97 Å². The van der Waals surface area contributed by atoms with Gasteiger partial charge in [0.1, 0.15) is 17.9 Å². The minimum absolute atomic E-state index is 0.125. The van der Waals surface area contributed by atoms with Crippen molar-refractivity contribution in [2.45, 2.75) is 6.29 Å². The van der Waals surface area contributed by atoms with Crippen LogP contribution in [0, 0.1) is 0 Å². The van der Waals surface area contributed by atoms with E-state index in [1.54, 1.807) is 25.1 Å². The SMILES string of the molecule is COc1cc2ncnc(Nc3cccc(Br)c3)c2cc1NCC=CC(=O)N(C)CC1OCCO1. The van der Waals surface area contributed by atoms with E-state index in [0.717, 1.165) is 26.8 Å². The molecule has 1 aromatic heterocycles. The Morgan fingerprint density at radius 3 is 2.85 bits per heavy atom. The summed E-state index contributed by atoms with van der Waals surface area (Å²) in [6.07, 6.45) is 4.45. The third-order valence-electron chi connectivity index (χ3n) is 5.20. The maximum atomic E-state index is 12.3. The van der Waals surface area contributed by atoms with Crippen molar-refractivity contribution < 1.29 is 19.0 Å². The van der Waals surface area contributed by atoms with Crippen LogP contribution in [0.4, 0.5) is 17.2 Å². The minimum Gasteiger partial charge on any atom is -0.495 e. The highest BCUT2D eigenvalue weighted by Gasteiger charge is 2.19. The Labute approximate surface area is 206 Å². The molecule has 1 aliphatic rings. The van der Waals surface area contributed by atoms with E-state index in [9.17, 15) is 4.79 Å². The lowest BCUT2D eigenvalue weighted by atomic mass is 10.2. The summed E-state index contributed by atoms with van der Waals surface area (Å²) in [6, 6.07) is 11.6. The van der Waals surface area contributed by atoms with E-state index in [0.29, 0.717) is 37.9 Å². The molecule has 0 atom stereocenters. The number of methoxy groups -OCH3 is 1. The van der Waals surface area contributed by atoms with Crippen LogP contribution in [0.5, 0.6) is 5.75 Å². The highest BCUT2D eigenvalue weighted by Crippen LogP contribution is 2.33. The van der Waals surface area contributed by atoms with Gasteiger partial charge in [0.05, 0.1) is 38.1 Å². The van der Waals surface area contributed by atoms with Gasteiger partial charge in [-0.2, -0.15) is 0 Å². The standard InChI is InChI=1S/C24H26BrN5O4/c1-30(14-23-33-9-10-34-23)22(31)7-4-8-26-20-12-18-19(13-21(20)32-2)27-15-28-24(18)29-17-6-3-5-16(25)11-17/h3-7,11-13,15,23,26H,8-10,14H2,1-2H3,(H,27,28,29). The molecule has 4 rings (SSSR count). The summed E-state index contributed by atoms with van der Waals surface area (Å²) in [5.41, 5.74) is 2.41. The van der Waals surface area contributed by atoms with Crippen molar-refractivity contribution in [2.24, 2.45) is 0 Å². The number of hydrogen-bond acceptors (Lipinski definition) is 8. The van der Waals surface area contributed by atoms with Gasteiger partial charge in [0.2, 0.25) is 5.91 Å². The summed E-state index contributed by atoms with van der Waals surface area (Å²) >= 11 is 3.49. The summed E-state index contributed by atoms with van der Waals surface area (Å²) in [6.45, 7) is 1.94. The molecule has 0 aliphatic carbocycles. The van der Waals surface area contributed by atoms with E-state index in [1.165, 1.54) is 12.4 Å². The Balaban J connectivity index is 1.45. The van der Waals surface area contributed by atoms with E-state index < -0.39 is 0 Å². The quantitative estimate of drug-likeness (QED) is 0.403. The molecule has 0 bridgehead atoms. The lowest BCUT2D eigenvalue weighted by molar-refractivity contribution is -0.130. The molecule has 34 heavy (non-hydrogen) atoms. The predicted molar refractivity (Wildman–Crippen MR) is 134 cm³/mol. The number of carbonyl (C=O) groups is 1. The number of nitrogens with zero attached hydrogens (tertiary/aromatic N) is 3. The number of fused-ring (bicyclic) bond motifs is 1. The van der Waals surface area contributed by atoms with Crippen LogP contribution < -0.4 is 15.4 Å². The highest BCUT2D eigenvalue weighted by atomic mass is 79.9. The van der Waals surface area contributed by atoms with Gasteiger partial charge < -0.3 is 29.7 Å². The maximum absolute atomic E-state index is 12.3. The molecule has 2 heterocycles. The van der Waals surface area contributed by atoms with Crippen molar-refractivity contribution in [1.82, 2.24) is 14.9 Å². The molecule has 1 amide bonds.